The molecule has 1 N–H and O–H groups in total. The Balaban J connectivity index is 2.39. The van der Waals surface area contributed by atoms with Crippen LogP contribution in [0.25, 0.3) is 0 Å². The molecule has 1 amide bonds. The highest BCUT2D eigenvalue weighted by Gasteiger charge is 2.19. The topological polar surface area (TPSA) is 70.1 Å². The zero-order valence-electron chi connectivity index (χ0n) is 11.6. The molecule has 0 aromatic carbocycles. The third kappa shape index (κ3) is 6.54. The number of piperidine rings is 1. The van der Waals surface area contributed by atoms with Gasteiger partial charge in [0.05, 0.1) is 19.6 Å². The lowest BCUT2D eigenvalue weighted by Crippen LogP contribution is -2.44. The van der Waals surface area contributed by atoms with E-state index >= 15 is 0 Å². The summed E-state index contributed by atoms with van der Waals surface area (Å²) in [5.74, 6) is -0.742. The number of aliphatic carboxylic acids is 1. The van der Waals surface area contributed by atoms with E-state index in [-0.39, 0.29) is 18.9 Å². The molecule has 6 heteroatoms. The third-order valence-electron chi connectivity index (χ3n) is 3.32. The van der Waals surface area contributed by atoms with Gasteiger partial charge in [0, 0.05) is 33.3 Å². The summed E-state index contributed by atoms with van der Waals surface area (Å²) in [7, 11) is 1.60. The molecule has 0 aromatic rings. The maximum atomic E-state index is 12.1. The molecule has 0 aromatic heterocycles. The summed E-state index contributed by atoms with van der Waals surface area (Å²) in [5, 5.41) is 8.72. The van der Waals surface area contributed by atoms with Crippen LogP contribution in [0.5, 0.6) is 0 Å². The van der Waals surface area contributed by atoms with E-state index in [2.05, 4.69) is 0 Å². The van der Waals surface area contributed by atoms with Gasteiger partial charge >= 0.3 is 5.97 Å². The number of carbonyl (C=O) groups is 2. The van der Waals surface area contributed by atoms with E-state index in [0.717, 1.165) is 25.9 Å². The van der Waals surface area contributed by atoms with Crippen LogP contribution in [-0.2, 0) is 14.3 Å². The fraction of sp³-hybridized carbons (Fsp3) is 0.846. The minimum atomic E-state index is -0.840. The molecule has 0 bridgehead atoms. The van der Waals surface area contributed by atoms with Crippen LogP contribution in [0, 0.1) is 0 Å². The molecular weight excluding hydrogens is 248 g/mol. The molecule has 1 saturated heterocycles. The lowest BCUT2D eigenvalue weighted by Gasteiger charge is -2.29. The molecule has 0 unspecified atom stereocenters. The van der Waals surface area contributed by atoms with Crippen LogP contribution < -0.4 is 0 Å². The summed E-state index contributed by atoms with van der Waals surface area (Å²) in [6, 6.07) is 0. The number of carbonyl (C=O) groups excluding carboxylic acids is 1. The second-order valence-corrected chi connectivity index (χ2v) is 4.85. The molecule has 6 nitrogen and oxygen atoms in total. The summed E-state index contributed by atoms with van der Waals surface area (Å²) in [6.45, 7) is 3.43. The number of amides is 1. The Hall–Kier alpha value is -1.14. The van der Waals surface area contributed by atoms with Crippen LogP contribution in [-0.4, -0.2) is 73.2 Å². The molecule has 1 heterocycles. The first kappa shape index (κ1) is 15.9. The Morgan fingerprint density at radius 2 is 1.89 bits per heavy atom. The number of methoxy groups -OCH3 is 1. The molecule has 0 saturated carbocycles. The number of likely N-dealkylation sites (tertiary alicyclic amines) is 1. The van der Waals surface area contributed by atoms with Gasteiger partial charge < -0.3 is 14.7 Å². The van der Waals surface area contributed by atoms with Crippen molar-refractivity contribution < 1.29 is 19.4 Å². The minimum Gasteiger partial charge on any atom is -0.481 e. The molecule has 1 aliphatic heterocycles. The van der Waals surface area contributed by atoms with E-state index in [0.29, 0.717) is 19.7 Å². The van der Waals surface area contributed by atoms with Gasteiger partial charge in [0.15, 0.2) is 0 Å². The molecule has 0 aliphatic carbocycles. The Labute approximate surface area is 114 Å². The minimum absolute atomic E-state index is 0.0526. The molecule has 110 valence electrons. The number of carboxylic acids is 1. The number of nitrogens with zero attached hydrogens (tertiary/aromatic N) is 2. The summed E-state index contributed by atoms with van der Waals surface area (Å²) in [5.41, 5.74) is 0. The summed E-state index contributed by atoms with van der Waals surface area (Å²) in [4.78, 5) is 26.5. The zero-order chi connectivity index (χ0) is 14.1. The van der Waals surface area contributed by atoms with Gasteiger partial charge in [0.2, 0.25) is 5.91 Å². The van der Waals surface area contributed by atoms with Crippen molar-refractivity contribution >= 4 is 11.9 Å². The Morgan fingerprint density at radius 3 is 2.47 bits per heavy atom. The number of rotatable bonds is 8. The molecule has 19 heavy (non-hydrogen) atoms. The van der Waals surface area contributed by atoms with Crippen molar-refractivity contribution in [2.45, 2.75) is 25.7 Å². The van der Waals surface area contributed by atoms with Gasteiger partial charge in [-0.15, -0.1) is 0 Å². The van der Waals surface area contributed by atoms with Crippen LogP contribution in [0.3, 0.4) is 0 Å². The predicted molar refractivity (Wildman–Crippen MR) is 71.0 cm³/mol. The maximum absolute atomic E-state index is 12.1. The average Bonchev–Trinajstić information content (AvgIpc) is 2.42. The van der Waals surface area contributed by atoms with Crippen LogP contribution in [0.4, 0.5) is 0 Å². The van der Waals surface area contributed by atoms with E-state index in [1.807, 2.05) is 9.80 Å². The van der Waals surface area contributed by atoms with E-state index in [1.54, 1.807) is 7.11 Å². The van der Waals surface area contributed by atoms with Gasteiger partial charge in [0.25, 0.3) is 0 Å². The SMILES string of the molecule is COCCN(CCC(=O)O)CC(=O)N1CCCCC1. The Bertz CT molecular complexity index is 290. The van der Waals surface area contributed by atoms with Gasteiger partial charge in [-0.25, -0.2) is 0 Å². The van der Waals surface area contributed by atoms with Gasteiger partial charge in [0.1, 0.15) is 0 Å². The van der Waals surface area contributed by atoms with Crippen molar-refractivity contribution in [3.8, 4) is 0 Å². The predicted octanol–water partition coefficient (Wildman–Crippen LogP) is 0.422. The van der Waals surface area contributed by atoms with Crippen LogP contribution in [0.2, 0.25) is 0 Å². The summed E-state index contributed by atoms with van der Waals surface area (Å²) >= 11 is 0. The largest absolute Gasteiger partial charge is 0.481 e. The van der Waals surface area contributed by atoms with E-state index in [9.17, 15) is 9.59 Å². The zero-order valence-corrected chi connectivity index (χ0v) is 11.6. The first-order chi connectivity index (χ1) is 9.13. The molecule has 1 aliphatic rings. The quantitative estimate of drug-likeness (QED) is 0.693. The van der Waals surface area contributed by atoms with Crippen molar-refractivity contribution in [3.05, 3.63) is 0 Å². The van der Waals surface area contributed by atoms with Gasteiger partial charge in [-0.05, 0) is 19.3 Å². The van der Waals surface area contributed by atoms with Crippen LogP contribution in [0.15, 0.2) is 0 Å². The number of hydrogen-bond acceptors (Lipinski definition) is 4. The van der Waals surface area contributed by atoms with Gasteiger partial charge in [-0.1, -0.05) is 0 Å². The molecule has 0 radical (unpaired) electrons. The lowest BCUT2D eigenvalue weighted by atomic mass is 10.1. The maximum Gasteiger partial charge on any atom is 0.304 e. The number of carboxylic acid groups (broad SMARTS) is 1. The second kappa shape index (κ2) is 8.87. The van der Waals surface area contributed by atoms with Crippen molar-refractivity contribution in [2.75, 3.05) is 46.4 Å². The third-order valence-corrected chi connectivity index (χ3v) is 3.32. The van der Waals surface area contributed by atoms with Crippen molar-refractivity contribution in [1.29, 1.82) is 0 Å². The van der Waals surface area contributed by atoms with Gasteiger partial charge in [-0.2, -0.15) is 0 Å². The molecule has 0 spiro atoms. The fourth-order valence-electron chi connectivity index (χ4n) is 2.18. The number of ether oxygens (including phenoxy) is 1. The molecule has 1 rings (SSSR count). The van der Waals surface area contributed by atoms with Crippen molar-refractivity contribution in [3.63, 3.8) is 0 Å². The van der Waals surface area contributed by atoms with Gasteiger partial charge in [-0.3, -0.25) is 14.5 Å². The normalized spacial score (nSPS) is 15.8. The average molecular weight is 272 g/mol. The van der Waals surface area contributed by atoms with Crippen molar-refractivity contribution in [2.24, 2.45) is 0 Å². The van der Waals surface area contributed by atoms with E-state index < -0.39 is 5.97 Å². The first-order valence-electron chi connectivity index (χ1n) is 6.84. The number of hydrogen-bond donors (Lipinski definition) is 1. The second-order valence-electron chi connectivity index (χ2n) is 4.85. The van der Waals surface area contributed by atoms with Crippen LogP contribution >= 0.6 is 0 Å². The molecule has 0 atom stereocenters. The standard InChI is InChI=1S/C13H24N2O4/c1-19-10-9-14(8-5-13(17)18)11-12(16)15-6-3-2-4-7-15/h2-11H2,1H3,(H,17,18). The molecular formula is C13H24N2O4. The van der Waals surface area contributed by atoms with E-state index in [4.69, 9.17) is 9.84 Å². The molecule has 1 fully saturated rings. The van der Waals surface area contributed by atoms with E-state index in [1.165, 1.54) is 6.42 Å². The fourth-order valence-corrected chi connectivity index (χ4v) is 2.18. The Kier molecular flexibility index (Phi) is 7.43. The highest BCUT2D eigenvalue weighted by Crippen LogP contribution is 2.09. The van der Waals surface area contributed by atoms with Crippen LogP contribution in [0.1, 0.15) is 25.7 Å². The summed E-state index contributed by atoms with van der Waals surface area (Å²) < 4.78 is 4.99. The highest BCUT2D eigenvalue weighted by molar-refractivity contribution is 5.78. The first-order valence-corrected chi connectivity index (χ1v) is 6.84. The highest BCUT2D eigenvalue weighted by atomic mass is 16.5. The monoisotopic (exact) mass is 272 g/mol. The Morgan fingerprint density at radius 1 is 1.21 bits per heavy atom. The lowest BCUT2D eigenvalue weighted by molar-refractivity contribution is -0.139. The van der Waals surface area contributed by atoms with Crippen molar-refractivity contribution in [1.82, 2.24) is 9.80 Å². The smallest absolute Gasteiger partial charge is 0.304 e. The summed E-state index contributed by atoms with van der Waals surface area (Å²) in [6.07, 6.45) is 3.38.